The molecule has 0 aliphatic carbocycles. The van der Waals surface area contributed by atoms with E-state index in [4.69, 9.17) is 4.74 Å². The number of hydrogen-bond donors (Lipinski definition) is 2. The Labute approximate surface area is 174 Å². The van der Waals surface area contributed by atoms with Crippen molar-refractivity contribution >= 4 is 51.7 Å². The predicted octanol–water partition coefficient (Wildman–Crippen LogP) is 3.40. The molecule has 0 radical (unpaired) electrons. The second-order valence-corrected chi connectivity index (χ2v) is 7.84. The average Bonchev–Trinajstić information content (AvgIpc) is 3.26. The third-order valence-electron chi connectivity index (χ3n) is 4.23. The molecule has 0 spiro atoms. The molecule has 0 saturated carbocycles. The highest BCUT2D eigenvalue weighted by Crippen LogP contribution is 2.30. The molecule has 1 aliphatic rings. The highest BCUT2D eigenvalue weighted by atomic mass is 32.1. The standard InChI is InChI=1S/C17H17FN4O5S2/c1-20(9-12-3-5-15(29-12)22(25)26)14-4-2-10(6-13(14)18)21-8-11(27-17(21)24)7-19-16(23)28/h2-6,11H,7-9H2,1H3,(H2,19,23,28)/t11-/m0/s1. The zero-order valence-electron chi connectivity index (χ0n) is 15.2. The summed E-state index contributed by atoms with van der Waals surface area (Å²) in [5.41, 5.74) is 0.618. The van der Waals surface area contributed by atoms with Crippen molar-refractivity contribution in [1.82, 2.24) is 5.32 Å². The number of halogens is 1. The van der Waals surface area contributed by atoms with E-state index < -0.39 is 28.2 Å². The van der Waals surface area contributed by atoms with E-state index in [-0.39, 0.29) is 23.8 Å². The quantitative estimate of drug-likeness (QED) is 0.388. The van der Waals surface area contributed by atoms with Gasteiger partial charge in [-0.15, -0.1) is 0 Å². The van der Waals surface area contributed by atoms with Gasteiger partial charge in [0.05, 0.1) is 35.9 Å². The zero-order chi connectivity index (χ0) is 21.1. The fourth-order valence-corrected chi connectivity index (χ4v) is 3.85. The van der Waals surface area contributed by atoms with Crippen molar-refractivity contribution in [3.05, 3.63) is 51.1 Å². The van der Waals surface area contributed by atoms with Gasteiger partial charge in [-0.3, -0.25) is 19.8 Å². The summed E-state index contributed by atoms with van der Waals surface area (Å²) in [4.78, 5) is 36.9. The van der Waals surface area contributed by atoms with Gasteiger partial charge in [0.25, 0.3) is 5.24 Å². The summed E-state index contributed by atoms with van der Waals surface area (Å²) < 4.78 is 19.8. The van der Waals surface area contributed by atoms with Crippen LogP contribution in [0, 0.1) is 15.9 Å². The van der Waals surface area contributed by atoms with E-state index in [0.717, 1.165) is 16.2 Å². The lowest BCUT2D eigenvalue weighted by molar-refractivity contribution is -0.380. The number of anilines is 2. The van der Waals surface area contributed by atoms with Crippen molar-refractivity contribution in [3.8, 4) is 0 Å². The number of nitrogens with zero attached hydrogens (tertiary/aromatic N) is 3. The molecule has 29 heavy (non-hydrogen) atoms. The van der Waals surface area contributed by atoms with Crippen LogP contribution < -0.4 is 15.1 Å². The summed E-state index contributed by atoms with van der Waals surface area (Å²) in [7, 11) is 1.67. The molecule has 9 nitrogen and oxygen atoms in total. The Balaban J connectivity index is 1.68. The number of thiol groups is 1. The Hall–Kier alpha value is -2.86. The van der Waals surface area contributed by atoms with Crippen molar-refractivity contribution in [2.45, 2.75) is 12.6 Å². The minimum Gasteiger partial charge on any atom is -0.442 e. The minimum absolute atomic E-state index is 0.0282. The van der Waals surface area contributed by atoms with E-state index in [1.165, 1.54) is 23.1 Å². The molecule has 12 heteroatoms. The molecule has 1 atom stereocenters. The van der Waals surface area contributed by atoms with E-state index >= 15 is 0 Å². The van der Waals surface area contributed by atoms with Gasteiger partial charge in [-0.1, -0.05) is 24.0 Å². The monoisotopic (exact) mass is 440 g/mol. The van der Waals surface area contributed by atoms with Crippen LogP contribution in [0.2, 0.25) is 0 Å². The van der Waals surface area contributed by atoms with Crippen LogP contribution in [0.3, 0.4) is 0 Å². The van der Waals surface area contributed by atoms with Gasteiger partial charge in [-0.05, 0) is 24.3 Å². The molecule has 2 heterocycles. The molecule has 1 aromatic heterocycles. The molecule has 0 bridgehead atoms. The Morgan fingerprint density at radius 3 is 2.86 bits per heavy atom. The van der Waals surface area contributed by atoms with Crippen LogP contribution >= 0.6 is 24.0 Å². The van der Waals surface area contributed by atoms with E-state index in [1.54, 1.807) is 24.1 Å². The number of carbonyl (C=O) groups excluding carboxylic acids is 2. The Kier molecular flexibility index (Phi) is 6.23. The van der Waals surface area contributed by atoms with Crippen LogP contribution in [-0.4, -0.2) is 42.5 Å². The summed E-state index contributed by atoms with van der Waals surface area (Å²) in [6, 6.07) is 7.40. The summed E-state index contributed by atoms with van der Waals surface area (Å²) in [5.74, 6) is -0.545. The maximum Gasteiger partial charge on any atom is 0.414 e. The SMILES string of the molecule is CN(Cc1ccc([N+](=O)[O-])s1)c1ccc(N2C[C@H](CNC(=O)S)OC2=O)cc1F. The van der Waals surface area contributed by atoms with Crippen molar-refractivity contribution in [2.75, 3.05) is 29.9 Å². The predicted molar refractivity (Wildman–Crippen MR) is 109 cm³/mol. The van der Waals surface area contributed by atoms with Crippen LogP contribution in [0.15, 0.2) is 30.3 Å². The number of thiophene rings is 1. The molecule has 1 N–H and O–H groups in total. The molecule has 1 aliphatic heterocycles. The molecular weight excluding hydrogens is 423 g/mol. The molecule has 1 aromatic carbocycles. The first-order valence-corrected chi connectivity index (χ1v) is 9.69. The first kappa shape index (κ1) is 20.9. The number of carbonyl (C=O) groups is 2. The Bertz CT molecular complexity index is 954. The van der Waals surface area contributed by atoms with E-state index in [0.29, 0.717) is 12.2 Å². The highest BCUT2D eigenvalue weighted by molar-refractivity contribution is 7.96. The van der Waals surface area contributed by atoms with Crippen molar-refractivity contribution in [1.29, 1.82) is 0 Å². The summed E-state index contributed by atoms with van der Waals surface area (Å²) in [5, 5.41) is 12.7. The largest absolute Gasteiger partial charge is 0.442 e. The fraction of sp³-hybridized carbons (Fsp3) is 0.294. The number of benzene rings is 1. The van der Waals surface area contributed by atoms with Crippen molar-refractivity contribution in [3.63, 3.8) is 0 Å². The van der Waals surface area contributed by atoms with Gasteiger partial charge in [0.1, 0.15) is 11.9 Å². The van der Waals surface area contributed by atoms with E-state index in [9.17, 15) is 24.1 Å². The third kappa shape index (κ3) is 4.95. The van der Waals surface area contributed by atoms with Gasteiger partial charge < -0.3 is 15.0 Å². The zero-order valence-corrected chi connectivity index (χ0v) is 16.9. The van der Waals surface area contributed by atoms with E-state index in [2.05, 4.69) is 17.9 Å². The molecule has 2 aromatic rings. The first-order valence-electron chi connectivity index (χ1n) is 8.43. The summed E-state index contributed by atoms with van der Waals surface area (Å²) in [6.07, 6.45) is -1.19. The van der Waals surface area contributed by atoms with Gasteiger partial charge in [0.2, 0.25) is 0 Å². The maximum absolute atomic E-state index is 14.7. The molecule has 154 valence electrons. The van der Waals surface area contributed by atoms with Gasteiger partial charge in [-0.25, -0.2) is 9.18 Å². The Morgan fingerprint density at radius 2 is 2.24 bits per heavy atom. The normalized spacial score (nSPS) is 15.9. The second kappa shape index (κ2) is 8.66. The van der Waals surface area contributed by atoms with Crippen molar-refractivity contribution < 1.29 is 23.6 Å². The molecule has 1 saturated heterocycles. The first-order chi connectivity index (χ1) is 13.7. The number of rotatable bonds is 7. The minimum atomic E-state index is -0.630. The molecular formula is C17H17FN4O5S2. The number of amides is 2. The van der Waals surface area contributed by atoms with Gasteiger partial charge >= 0.3 is 11.1 Å². The summed E-state index contributed by atoms with van der Waals surface area (Å²) in [6.45, 7) is 0.577. The smallest absolute Gasteiger partial charge is 0.414 e. The molecule has 1 fully saturated rings. The average molecular weight is 440 g/mol. The van der Waals surface area contributed by atoms with Gasteiger partial charge in [-0.2, -0.15) is 0 Å². The number of ether oxygens (including phenoxy) is 1. The number of cyclic esters (lactones) is 1. The van der Waals surface area contributed by atoms with Crippen LogP contribution in [-0.2, 0) is 11.3 Å². The third-order valence-corrected chi connectivity index (χ3v) is 5.41. The topological polar surface area (TPSA) is 105 Å². The number of hydrogen-bond acceptors (Lipinski definition) is 7. The number of nitro groups is 1. The fourth-order valence-electron chi connectivity index (χ4n) is 2.88. The second-order valence-electron chi connectivity index (χ2n) is 6.29. The van der Waals surface area contributed by atoms with Gasteiger partial charge in [0.15, 0.2) is 0 Å². The Morgan fingerprint density at radius 1 is 1.48 bits per heavy atom. The highest BCUT2D eigenvalue weighted by Gasteiger charge is 2.32. The lowest BCUT2D eigenvalue weighted by Gasteiger charge is -2.21. The van der Waals surface area contributed by atoms with E-state index in [1.807, 2.05) is 0 Å². The van der Waals surface area contributed by atoms with Crippen LogP contribution in [0.4, 0.5) is 30.4 Å². The van der Waals surface area contributed by atoms with Crippen molar-refractivity contribution in [2.24, 2.45) is 0 Å². The van der Waals surface area contributed by atoms with Crippen LogP contribution in [0.1, 0.15) is 4.88 Å². The number of nitrogens with one attached hydrogen (secondary N) is 1. The van der Waals surface area contributed by atoms with Crippen LogP contribution in [0.25, 0.3) is 0 Å². The van der Waals surface area contributed by atoms with Crippen LogP contribution in [0.5, 0.6) is 0 Å². The molecule has 0 unspecified atom stereocenters. The van der Waals surface area contributed by atoms with Gasteiger partial charge in [0, 0.05) is 18.0 Å². The maximum atomic E-state index is 14.7. The molecule has 3 rings (SSSR count). The lowest BCUT2D eigenvalue weighted by atomic mass is 10.2. The lowest BCUT2D eigenvalue weighted by Crippen LogP contribution is -2.32. The summed E-state index contributed by atoms with van der Waals surface area (Å²) >= 11 is 4.62. The molecule has 2 amide bonds.